The summed E-state index contributed by atoms with van der Waals surface area (Å²) in [5.41, 5.74) is 2.58. The molecule has 2 heterocycles. The highest BCUT2D eigenvalue weighted by Gasteiger charge is 2.29. The Morgan fingerprint density at radius 1 is 1.18 bits per heavy atom. The van der Waals surface area contributed by atoms with Gasteiger partial charge in [0.05, 0.1) is 20.8 Å². The first-order chi connectivity index (χ1) is 13.5. The van der Waals surface area contributed by atoms with Gasteiger partial charge in [0, 0.05) is 19.0 Å². The van der Waals surface area contributed by atoms with E-state index in [9.17, 15) is 9.59 Å². The van der Waals surface area contributed by atoms with Crippen LogP contribution in [0.5, 0.6) is 0 Å². The van der Waals surface area contributed by atoms with Crippen LogP contribution in [0.3, 0.4) is 0 Å². The standard InChI is InChI=1S/C21H20ClN3O2S/c1-13-6-7-17-18(12-13)28-21(23-17)24-19(26)14-8-10-25(11-9-14)20(27)15-4-2-3-5-16(15)22/h2-7,12,14H,8-11H2,1H3,(H,23,24,26). The van der Waals surface area contributed by atoms with Gasteiger partial charge in [-0.15, -0.1) is 0 Å². The maximum atomic E-state index is 12.6. The number of hydrogen-bond donors (Lipinski definition) is 1. The number of aryl methyl sites for hydroxylation is 1. The molecule has 7 heteroatoms. The summed E-state index contributed by atoms with van der Waals surface area (Å²) in [5, 5.41) is 4.03. The van der Waals surface area contributed by atoms with Crippen LogP contribution in [0.25, 0.3) is 10.2 Å². The van der Waals surface area contributed by atoms with Crippen molar-refractivity contribution in [3.8, 4) is 0 Å². The molecular formula is C21H20ClN3O2S. The van der Waals surface area contributed by atoms with Crippen molar-refractivity contribution in [2.45, 2.75) is 19.8 Å². The molecule has 0 atom stereocenters. The number of anilines is 1. The molecular weight excluding hydrogens is 394 g/mol. The maximum Gasteiger partial charge on any atom is 0.255 e. The zero-order chi connectivity index (χ0) is 19.7. The highest BCUT2D eigenvalue weighted by Crippen LogP contribution is 2.28. The molecule has 1 aromatic heterocycles. The second-order valence-electron chi connectivity index (χ2n) is 7.03. The molecule has 28 heavy (non-hydrogen) atoms. The summed E-state index contributed by atoms with van der Waals surface area (Å²) >= 11 is 7.62. The number of rotatable bonds is 3. The summed E-state index contributed by atoms with van der Waals surface area (Å²) in [6, 6.07) is 13.1. The van der Waals surface area contributed by atoms with Gasteiger partial charge in [-0.2, -0.15) is 0 Å². The monoisotopic (exact) mass is 413 g/mol. The van der Waals surface area contributed by atoms with Gasteiger partial charge in [0.1, 0.15) is 0 Å². The van der Waals surface area contributed by atoms with E-state index in [1.54, 1.807) is 29.2 Å². The Bertz CT molecular complexity index is 1040. The zero-order valence-electron chi connectivity index (χ0n) is 15.4. The fourth-order valence-electron chi connectivity index (χ4n) is 3.44. The Labute approximate surface area is 172 Å². The van der Waals surface area contributed by atoms with Crippen molar-refractivity contribution in [1.82, 2.24) is 9.88 Å². The van der Waals surface area contributed by atoms with E-state index in [1.807, 2.05) is 19.1 Å². The second kappa shape index (κ2) is 7.89. The maximum absolute atomic E-state index is 12.6. The average Bonchev–Trinajstić information content (AvgIpc) is 3.09. The van der Waals surface area contributed by atoms with Crippen molar-refractivity contribution in [1.29, 1.82) is 0 Å². The molecule has 1 aliphatic heterocycles. The van der Waals surface area contributed by atoms with E-state index in [0.717, 1.165) is 10.2 Å². The molecule has 2 amide bonds. The number of carbonyl (C=O) groups is 2. The van der Waals surface area contributed by atoms with Gasteiger partial charge in [-0.3, -0.25) is 9.59 Å². The van der Waals surface area contributed by atoms with Crippen LogP contribution in [0.15, 0.2) is 42.5 Å². The predicted molar refractivity (Wildman–Crippen MR) is 113 cm³/mol. The molecule has 2 aromatic carbocycles. The van der Waals surface area contributed by atoms with Crippen LogP contribution in [0.4, 0.5) is 5.13 Å². The van der Waals surface area contributed by atoms with Gasteiger partial charge in [0.2, 0.25) is 5.91 Å². The number of fused-ring (bicyclic) bond motifs is 1. The van der Waals surface area contributed by atoms with Crippen LogP contribution in [0.1, 0.15) is 28.8 Å². The van der Waals surface area contributed by atoms with Crippen molar-refractivity contribution in [2.24, 2.45) is 5.92 Å². The summed E-state index contributed by atoms with van der Waals surface area (Å²) in [7, 11) is 0. The number of carbonyl (C=O) groups excluding carboxylic acids is 2. The van der Waals surface area contributed by atoms with Crippen molar-refractivity contribution in [3.05, 3.63) is 58.6 Å². The van der Waals surface area contributed by atoms with E-state index in [0.29, 0.717) is 41.6 Å². The first-order valence-corrected chi connectivity index (χ1v) is 10.4. The van der Waals surface area contributed by atoms with Gasteiger partial charge >= 0.3 is 0 Å². The van der Waals surface area contributed by atoms with Crippen molar-refractivity contribution < 1.29 is 9.59 Å². The van der Waals surface area contributed by atoms with Gasteiger partial charge in [0.15, 0.2) is 5.13 Å². The summed E-state index contributed by atoms with van der Waals surface area (Å²) in [5.74, 6) is -0.226. The topological polar surface area (TPSA) is 62.3 Å². The molecule has 0 spiro atoms. The summed E-state index contributed by atoms with van der Waals surface area (Å²) < 4.78 is 1.07. The quantitative estimate of drug-likeness (QED) is 0.674. The van der Waals surface area contributed by atoms with Crippen LogP contribution in [0.2, 0.25) is 5.02 Å². The third-order valence-electron chi connectivity index (χ3n) is 5.03. The third-order valence-corrected chi connectivity index (χ3v) is 6.29. The van der Waals surface area contributed by atoms with Gasteiger partial charge in [-0.25, -0.2) is 4.98 Å². The van der Waals surface area contributed by atoms with Crippen molar-refractivity contribution in [3.63, 3.8) is 0 Å². The molecule has 5 nitrogen and oxygen atoms in total. The van der Waals surface area contributed by atoms with Gasteiger partial charge in [0.25, 0.3) is 5.91 Å². The van der Waals surface area contributed by atoms with E-state index in [4.69, 9.17) is 11.6 Å². The predicted octanol–water partition coefficient (Wildman–Crippen LogP) is 4.75. The van der Waals surface area contributed by atoms with E-state index >= 15 is 0 Å². The van der Waals surface area contributed by atoms with Gasteiger partial charge < -0.3 is 10.2 Å². The molecule has 1 saturated heterocycles. The zero-order valence-corrected chi connectivity index (χ0v) is 17.0. The molecule has 1 fully saturated rings. The Balaban J connectivity index is 1.37. The lowest BCUT2D eigenvalue weighted by Gasteiger charge is -2.31. The molecule has 144 valence electrons. The van der Waals surface area contributed by atoms with Gasteiger partial charge in [-0.05, 0) is 49.6 Å². The highest BCUT2D eigenvalue weighted by molar-refractivity contribution is 7.22. The molecule has 0 aliphatic carbocycles. The SMILES string of the molecule is Cc1ccc2nc(NC(=O)C3CCN(C(=O)c4ccccc4Cl)CC3)sc2c1. The second-order valence-corrected chi connectivity index (χ2v) is 8.46. The van der Waals surface area contributed by atoms with Crippen LogP contribution in [-0.2, 0) is 4.79 Å². The lowest BCUT2D eigenvalue weighted by molar-refractivity contribution is -0.121. The van der Waals surface area contributed by atoms with Crippen molar-refractivity contribution >= 4 is 50.1 Å². The minimum Gasteiger partial charge on any atom is -0.339 e. The lowest BCUT2D eigenvalue weighted by atomic mass is 9.95. The smallest absolute Gasteiger partial charge is 0.255 e. The van der Waals surface area contributed by atoms with Crippen LogP contribution >= 0.6 is 22.9 Å². The molecule has 0 radical (unpaired) electrons. The Hall–Kier alpha value is -2.44. The fourth-order valence-corrected chi connectivity index (χ4v) is 4.63. The molecule has 1 aliphatic rings. The Morgan fingerprint density at radius 3 is 2.68 bits per heavy atom. The minimum atomic E-state index is -0.121. The molecule has 1 N–H and O–H groups in total. The number of halogens is 1. The minimum absolute atomic E-state index is 0.0272. The van der Waals surface area contributed by atoms with Gasteiger partial charge in [-0.1, -0.05) is 41.1 Å². The lowest BCUT2D eigenvalue weighted by Crippen LogP contribution is -2.41. The summed E-state index contributed by atoms with van der Waals surface area (Å²) in [4.78, 5) is 31.5. The molecule has 0 unspecified atom stereocenters. The summed E-state index contributed by atoms with van der Waals surface area (Å²) in [6.45, 7) is 3.12. The van der Waals surface area contributed by atoms with E-state index < -0.39 is 0 Å². The molecule has 0 bridgehead atoms. The highest BCUT2D eigenvalue weighted by atomic mass is 35.5. The fraction of sp³-hybridized carbons (Fsp3) is 0.286. The Morgan fingerprint density at radius 2 is 1.93 bits per heavy atom. The molecule has 4 rings (SSSR count). The third kappa shape index (κ3) is 3.88. The number of nitrogens with one attached hydrogen (secondary N) is 1. The number of piperidine rings is 1. The van der Waals surface area contributed by atoms with E-state index in [1.165, 1.54) is 16.9 Å². The number of amides is 2. The van der Waals surface area contributed by atoms with Crippen LogP contribution in [0, 0.1) is 12.8 Å². The summed E-state index contributed by atoms with van der Waals surface area (Å²) in [6.07, 6.45) is 1.26. The number of nitrogens with zero attached hydrogens (tertiary/aromatic N) is 2. The number of hydrogen-bond acceptors (Lipinski definition) is 4. The first kappa shape index (κ1) is 18.9. The normalized spacial score (nSPS) is 15.0. The van der Waals surface area contributed by atoms with E-state index in [2.05, 4.69) is 16.4 Å². The Kier molecular flexibility index (Phi) is 5.33. The molecule has 3 aromatic rings. The van der Waals surface area contributed by atoms with E-state index in [-0.39, 0.29) is 17.7 Å². The van der Waals surface area contributed by atoms with Crippen LogP contribution in [-0.4, -0.2) is 34.8 Å². The molecule has 0 saturated carbocycles. The van der Waals surface area contributed by atoms with Crippen molar-refractivity contribution in [2.75, 3.05) is 18.4 Å². The number of aromatic nitrogens is 1. The van der Waals surface area contributed by atoms with Crippen LogP contribution < -0.4 is 5.32 Å². The average molecular weight is 414 g/mol. The largest absolute Gasteiger partial charge is 0.339 e. The number of benzene rings is 2. The number of thiazole rings is 1. The first-order valence-electron chi connectivity index (χ1n) is 9.23. The number of likely N-dealkylation sites (tertiary alicyclic amines) is 1.